The number of rotatable bonds is 28. The van der Waals surface area contributed by atoms with Crippen LogP contribution in [0.15, 0.2) is 122 Å². The summed E-state index contributed by atoms with van der Waals surface area (Å²) < 4.78 is 81.2. The number of aliphatic hydroxyl groups excluding tert-OH is 2. The van der Waals surface area contributed by atoms with Gasteiger partial charge in [-0.25, -0.2) is 37.7 Å². The van der Waals surface area contributed by atoms with Gasteiger partial charge in [0.2, 0.25) is 0 Å². The van der Waals surface area contributed by atoms with Crippen molar-refractivity contribution >= 4 is 182 Å². The van der Waals surface area contributed by atoms with Crippen LogP contribution in [-0.2, 0) is 66.7 Å². The molecule has 3 aromatic carbocycles. The van der Waals surface area contributed by atoms with Crippen molar-refractivity contribution < 1.29 is 94.8 Å². The number of aromatic nitrogens is 3. The van der Waals surface area contributed by atoms with Crippen LogP contribution in [0.1, 0.15) is 167 Å². The summed E-state index contributed by atoms with van der Waals surface area (Å²) in [6.45, 7) is 16.3. The number of likely N-dealkylation sites (N-methyl/N-ethyl adjacent to an activating group) is 1. The van der Waals surface area contributed by atoms with Gasteiger partial charge in [-0.3, -0.25) is 44.3 Å². The quantitative estimate of drug-likeness (QED) is 0.00408. The third kappa shape index (κ3) is 37.6. The molecule has 3 aromatic heterocycles. The second-order valence-corrected chi connectivity index (χ2v) is 31.0. The maximum Gasteiger partial charge on any atom is 0.338 e. The average molecular weight is 1980 g/mol. The molecule has 4 saturated heterocycles. The number of benzene rings is 3. The zero-order valence-corrected chi connectivity index (χ0v) is 78.2. The van der Waals surface area contributed by atoms with Crippen LogP contribution in [-0.4, -0.2) is 228 Å². The minimum absolute atomic E-state index is 0. The van der Waals surface area contributed by atoms with Crippen LogP contribution < -0.4 is 5.73 Å². The van der Waals surface area contributed by atoms with Gasteiger partial charge in [-0.2, -0.15) is 0 Å². The van der Waals surface area contributed by atoms with Crippen molar-refractivity contribution in [1.29, 1.82) is 5.41 Å². The molecule has 9 heterocycles. The Morgan fingerprint density at radius 1 is 0.653 bits per heavy atom. The van der Waals surface area contributed by atoms with E-state index in [-0.39, 0.29) is 103 Å². The van der Waals surface area contributed by atoms with Crippen molar-refractivity contribution in [3.63, 3.8) is 0 Å². The summed E-state index contributed by atoms with van der Waals surface area (Å²) in [6, 6.07) is 10.3. The number of halogens is 9. The summed E-state index contributed by atoms with van der Waals surface area (Å²) in [5, 5.41) is 34.0. The molecule has 0 spiro atoms. The third-order valence-corrected chi connectivity index (χ3v) is 21.0. The van der Waals surface area contributed by atoms with Crippen LogP contribution in [0, 0.1) is 22.9 Å². The number of hydrogen-bond acceptors (Lipinski definition) is 29. The topological polar surface area (TPSA) is 357 Å². The molecule has 0 radical (unpaired) electrons. The van der Waals surface area contributed by atoms with Crippen LogP contribution >= 0.6 is 122 Å². The van der Waals surface area contributed by atoms with Crippen LogP contribution in [0.3, 0.4) is 0 Å². The highest BCUT2D eigenvalue weighted by Gasteiger charge is 2.45. The molecule has 668 valence electrons. The van der Waals surface area contributed by atoms with E-state index in [0.717, 1.165) is 110 Å². The number of carbonyl (C=O) groups excluding carboxylic acids is 7. The largest absolute Gasteiger partial charge is 0.466 e. The summed E-state index contributed by atoms with van der Waals surface area (Å²) in [5.41, 5.74) is 9.01. The van der Waals surface area contributed by atoms with Gasteiger partial charge in [-0.1, -0.05) is 85.5 Å². The number of nitrogen functional groups attached to an aromatic ring is 1. The fourth-order valence-corrected chi connectivity index (χ4v) is 14.6. The molecule has 0 bridgehead atoms. The number of nitrogens with one attached hydrogen (secondary N) is 1. The van der Waals surface area contributed by atoms with Crippen molar-refractivity contribution in [2.24, 2.45) is 15.7 Å². The summed E-state index contributed by atoms with van der Waals surface area (Å²) in [7, 11) is 4.33. The lowest BCUT2D eigenvalue weighted by Gasteiger charge is -2.35. The molecule has 0 aliphatic carbocycles. The zero-order valence-electron chi connectivity index (χ0n) is 68.3. The van der Waals surface area contributed by atoms with E-state index >= 15 is 0 Å². The van der Waals surface area contributed by atoms with Crippen LogP contribution in [0.5, 0.6) is 0 Å². The standard InChI is InChI=1S/C22H24ClFN4O3S.C19H17ClFN3O2S.C13H22O5.C7H13BrO2.C7H4ClFO.C6H10O3.C4H5N3S.C2H5BrO.CH5P.ClH/c1-3-31-22(30)17-18(14-5-4-13(24)12-15(14)23)26-20(21-25-7-11-32-21)28-8-6-16(19(17)28)27(2)9-10-29;1-2-26-19(25)15-14-4-3-8-24(14)17(18-22-7-9-27-18)23-16(15)12-6-5-11(21)10-13(12)20;1-2-16-12(15)10-11(14)6-5-9-18-13-7-3-4-8-17-13;8-4-6-10-7-3-1-2-5-9-7;8-7-3-6(9)2-1-5(7)4-10;1-3-9-6(8)4-5(2)7;5-3(6)4-7-1-2-8-4;3-1-2-4;1-2;/h4-5,7,11-12,16,18,29H,3,6,8-10H2,1-2H3;5-7,9-10,16H,2-4,8H2,1H3;13H,2-10H2,1H3;7H,1-6H2;1-4H;3-4H2,1-2H3;1-2H,(H3,5,6);4H,1-2H2;2H2,1H3;1H. The van der Waals surface area contributed by atoms with E-state index < -0.39 is 53.4 Å². The van der Waals surface area contributed by atoms with Gasteiger partial charge in [0.15, 0.2) is 51.4 Å². The Labute approximate surface area is 756 Å². The molecule has 5 N–H and O–H groups in total. The molecular formula is C81H106Br2Cl4F3N10O17PS3. The first-order valence-electron chi connectivity index (χ1n) is 38.6. The van der Waals surface area contributed by atoms with Crippen molar-refractivity contribution in [3.8, 4) is 0 Å². The maximum absolute atomic E-state index is 13.8. The van der Waals surface area contributed by atoms with Gasteiger partial charge in [0, 0.05) is 123 Å². The SMILES string of the molecule is BrCCOC1CCCCO1.CCOC(=O)C1=C2C(N(C)CCO)CCN2C(c2nccs2)=NC1c1ccc(F)cc1Cl.CCOC(=O)C1=C2CCCN2C(c2nccs2)=NC1c1ccc(F)cc1Cl.CCOC(=O)CC(=O)CCCOC1CCCCO1.CCOC(=O)CC(C)=O.CP.Cl.N=C(N)c1nccs1.O=Cc1ccc(F)cc1Cl.OCCBr. The van der Waals surface area contributed by atoms with Crippen molar-refractivity contribution in [2.75, 3.05) is 110 Å². The van der Waals surface area contributed by atoms with Gasteiger partial charge in [0.05, 0.1) is 75.1 Å². The zero-order chi connectivity index (χ0) is 88.5. The Hall–Kier alpha value is -6.61. The van der Waals surface area contributed by atoms with Crippen LogP contribution in [0.2, 0.25) is 15.1 Å². The number of fused-ring (bicyclic) bond motifs is 2. The monoisotopic (exact) mass is 1970 g/mol. The molecular weight excluding hydrogens is 1870 g/mol. The maximum atomic E-state index is 13.8. The lowest BCUT2D eigenvalue weighted by Crippen LogP contribution is -2.41. The highest BCUT2D eigenvalue weighted by Crippen LogP contribution is 2.45. The number of ketones is 2. The summed E-state index contributed by atoms with van der Waals surface area (Å²) in [5.74, 6) is -1.96. The van der Waals surface area contributed by atoms with Gasteiger partial charge < -0.3 is 63.6 Å². The minimum atomic E-state index is -0.768. The number of aldehydes is 1. The summed E-state index contributed by atoms with van der Waals surface area (Å²) in [6.07, 6.45) is 15.4. The average Bonchev–Trinajstić information content (AvgIpc) is 1.61. The van der Waals surface area contributed by atoms with Gasteiger partial charge in [-0.05, 0) is 148 Å². The number of ether oxygens (including phenoxy) is 8. The van der Waals surface area contributed by atoms with Crippen molar-refractivity contribution in [1.82, 2.24) is 29.7 Å². The number of hydrogen-bond donors (Lipinski definition) is 4. The van der Waals surface area contributed by atoms with Crippen molar-refractivity contribution in [2.45, 2.75) is 149 Å². The van der Waals surface area contributed by atoms with Crippen LogP contribution in [0.4, 0.5) is 13.2 Å². The molecule has 6 aliphatic heterocycles. The molecule has 0 amide bonds. The Balaban J connectivity index is 0.000000382. The second-order valence-electron chi connectivity index (χ2n) is 25.5. The van der Waals surface area contributed by atoms with Crippen molar-refractivity contribution in [3.05, 3.63) is 176 Å². The van der Waals surface area contributed by atoms with E-state index in [4.69, 9.17) is 94.2 Å². The highest BCUT2D eigenvalue weighted by atomic mass is 79.9. The Bertz CT molecular complexity index is 4280. The molecule has 6 aromatic rings. The fourth-order valence-electron chi connectivity index (χ4n) is 11.9. The number of amidine groups is 3. The number of nitrogens with two attached hydrogens (primary N) is 1. The Kier molecular flexibility index (Phi) is 55.3. The Morgan fingerprint density at radius 2 is 1.14 bits per heavy atom. The first-order valence-corrected chi connectivity index (χ1v) is 45.8. The van der Waals surface area contributed by atoms with E-state index in [2.05, 4.69) is 60.8 Å². The van der Waals surface area contributed by atoms with Crippen LogP contribution in [0.25, 0.3) is 0 Å². The van der Waals surface area contributed by atoms with E-state index in [1.807, 2.05) is 39.2 Å². The number of esters is 4. The van der Waals surface area contributed by atoms with E-state index in [0.29, 0.717) is 96.0 Å². The first-order chi connectivity index (χ1) is 57.8. The number of Topliss-reactive ketones (excluding diaryl/α,β-unsaturated/α-hetero) is 2. The van der Waals surface area contributed by atoms with Gasteiger partial charge in [0.25, 0.3) is 0 Å². The first kappa shape index (κ1) is 109. The molecule has 12 rings (SSSR count). The lowest BCUT2D eigenvalue weighted by molar-refractivity contribution is -0.163. The molecule has 6 unspecified atom stereocenters. The number of aliphatic imine (C=N–C) groups is 2. The fraction of sp³-hybridized carbons (Fsp3) is 0.494. The molecule has 6 aliphatic rings. The molecule has 40 heteroatoms. The lowest BCUT2D eigenvalue weighted by atomic mass is 9.93. The molecule has 6 atom stereocenters. The third-order valence-electron chi connectivity index (χ3n) is 17.0. The number of nitrogens with zero attached hydrogens (tertiary/aromatic N) is 8. The summed E-state index contributed by atoms with van der Waals surface area (Å²) in [4.78, 5) is 108. The number of allylic oxidation sites excluding steroid dienone is 1. The number of aliphatic hydroxyl groups is 2. The van der Waals surface area contributed by atoms with Gasteiger partial charge >= 0.3 is 23.9 Å². The molecule has 4 fully saturated rings. The van der Waals surface area contributed by atoms with Gasteiger partial charge in [0.1, 0.15) is 53.9 Å². The van der Waals surface area contributed by atoms with E-state index in [9.17, 15) is 51.8 Å². The molecule has 0 saturated carbocycles. The Morgan fingerprint density at radius 3 is 1.57 bits per heavy atom. The minimum Gasteiger partial charge on any atom is -0.466 e. The molecule has 121 heavy (non-hydrogen) atoms. The molecule has 27 nitrogen and oxygen atoms in total. The number of carbonyl (C=O) groups is 7. The van der Waals surface area contributed by atoms with E-state index in [1.54, 1.807) is 63.8 Å². The highest BCUT2D eigenvalue weighted by molar-refractivity contribution is 9.09. The predicted octanol–water partition coefficient (Wildman–Crippen LogP) is 15.9. The number of alkyl halides is 2. The predicted molar refractivity (Wildman–Crippen MR) is 478 cm³/mol. The van der Waals surface area contributed by atoms with Gasteiger partial charge in [-0.15, -0.1) is 55.7 Å². The van der Waals surface area contributed by atoms with E-state index in [1.165, 1.54) is 90.2 Å². The smallest absolute Gasteiger partial charge is 0.338 e. The second kappa shape index (κ2) is 61.7. The summed E-state index contributed by atoms with van der Waals surface area (Å²) >= 11 is 28.8. The number of thiazole rings is 3. The normalized spacial score (nSPS) is 17.1.